The molecule has 0 radical (unpaired) electrons. The second kappa shape index (κ2) is 7.28. The Balaban J connectivity index is 1.71. The summed E-state index contributed by atoms with van der Waals surface area (Å²) in [7, 11) is 0. The minimum absolute atomic E-state index is 0.0300. The van der Waals surface area contributed by atoms with Crippen LogP contribution in [-0.4, -0.2) is 21.0 Å². The maximum absolute atomic E-state index is 13.5. The molecule has 0 amide bonds. The normalized spacial score (nSPS) is 21.6. The highest BCUT2D eigenvalue weighted by atomic mass is 32.1. The number of nitrogens with two attached hydrogens (primary N) is 1. The van der Waals surface area contributed by atoms with E-state index < -0.39 is 5.92 Å². The lowest BCUT2D eigenvalue weighted by atomic mass is 9.72. The first-order chi connectivity index (χ1) is 14.7. The number of hydrogen-bond acceptors (Lipinski definition) is 7. The lowest BCUT2D eigenvalue weighted by Gasteiger charge is -2.40. The van der Waals surface area contributed by atoms with E-state index in [4.69, 9.17) is 5.73 Å². The zero-order chi connectivity index (χ0) is 20.7. The number of nitrogens with one attached hydrogen (secondary N) is 1. The Morgan fingerprint density at radius 3 is 2.70 bits per heavy atom. The molecule has 8 heteroatoms. The molecule has 1 aliphatic carbocycles. The number of thiophene rings is 1. The molecule has 0 bridgehead atoms. The molecule has 7 nitrogen and oxygen atoms in total. The van der Waals surface area contributed by atoms with Gasteiger partial charge in [0.15, 0.2) is 5.78 Å². The third-order valence-corrected chi connectivity index (χ3v) is 6.43. The number of anilines is 1. The van der Waals surface area contributed by atoms with Crippen molar-refractivity contribution in [2.45, 2.75) is 24.7 Å². The van der Waals surface area contributed by atoms with Gasteiger partial charge < -0.3 is 5.73 Å². The van der Waals surface area contributed by atoms with E-state index in [1.165, 1.54) is 17.7 Å². The van der Waals surface area contributed by atoms with Gasteiger partial charge in [-0.25, -0.2) is 5.10 Å². The third-order valence-electron chi connectivity index (χ3n) is 5.73. The Morgan fingerprint density at radius 1 is 1.20 bits per heavy atom. The lowest BCUT2D eigenvalue weighted by molar-refractivity contribution is -0.116. The highest BCUT2D eigenvalue weighted by Crippen LogP contribution is 2.48. The molecule has 2 unspecified atom stereocenters. The van der Waals surface area contributed by atoms with E-state index in [0.29, 0.717) is 29.9 Å². The van der Waals surface area contributed by atoms with E-state index in [2.05, 4.69) is 21.3 Å². The first-order valence-corrected chi connectivity index (χ1v) is 10.5. The molecule has 0 saturated heterocycles. The zero-order valence-corrected chi connectivity index (χ0v) is 16.8. The molecule has 30 heavy (non-hydrogen) atoms. The molecule has 1 aliphatic heterocycles. The number of nitrogens with zero attached hydrogens (tertiary/aromatic N) is 4. The summed E-state index contributed by atoms with van der Waals surface area (Å²) in [4.78, 5) is 19.4. The van der Waals surface area contributed by atoms with Crippen molar-refractivity contribution in [2.75, 3.05) is 4.90 Å². The number of benzene rings is 1. The zero-order valence-electron chi connectivity index (χ0n) is 15.9. The molecule has 0 spiro atoms. The van der Waals surface area contributed by atoms with Gasteiger partial charge in [-0.15, -0.1) is 0 Å². The number of ketones is 1. The molecule has 3 heterocycles. The minimum atomic E-state index is -0.459. The summed E-state index contributed by atoms with van der Waals surface area (Å²) in [6.07, 6.45) is 2.40. The summed E-state index contributed by atoms with van der Waals surface area (Å²) in [5.41, 5.74) is 10.3. The molecule has 0 fully saturated rings. The van der Waals surface area contributed by atoms with Crippen molar-refractivity contribution in [3.8, 4) is 6.07 Å². The SMILES string of the molecule is N#CC1=C(N)N(c2ncn[nH]2)C2=C(C(=O)CC(c3ccccc3)C2)C1c1ccsc1. The molecule has 148 valence electrons. The van der Waals surface area contributed by atoms with E-state index >= 15 is 0 Å². The lowest BCUT2D eigenvalue weighted by Crippen LogP contribution is -2.40. The van der Waals surface area contributed by atoms with Gasteiger partial charge in [0.25, 0.3) is 0 Å². The topological polar surface area (TPSA) is 112 Å². The Bertz CT molecular complexity index is 1190. The summed E-state index contributed by atoms with van der Waals surface area (Å²) in [6.45, 7) is 0. The third kappa shape index (κ3) is 2.83. The molecular formula is C22H18N6OS. The number of hydrogen-bond donors (Lipinski definition) is 2. The first kappa shape index (κ1) is 18.3. The summed E-state index contributed by atoms with van der Waals surface area (Å²) in [5.74, 6) is 0.289. The van der Waals surface area contributed by atoms with Crippen molar-refractivity contribution >= 4 is 23.1 Å². The summed E-state index contributed by atoms with van der Waals surface area (Å²) >= 11 is 1.53. The summed E-state index contributed by atoms with van der Waals surface area (Å²) in [5, 5.41) is 20.7. The van der Waals surface area contributed by atoms with E-state index in [1.807, 2.05) is 47.2 Å². The van der Waals surface area contributed by atoms with E-state index in [0.717, 1.165) is 16.8 Å². The van der Waals surface area contributed by atoms with Gasteiger partial charge in [0.05, 0.1) is 17.6 Å². The molecular weight excluding hydrogens is 396 g/mol. The van der Waals surface area contributed by atoms with Crippen LogP contribution in [-0.2, 0) is 4.79 Å². The minimum Gasteiger partial charge on any atom is -0.384 e. The van der Waals surface area contributed by atoms with Gasteiger partial charge in [-0.3, -0.25) is 9.69 Å². The van der Waals surface area contributed by atoms with Crippen LogP contribution in [0.4, 0.5) is 5.95 Å². The fourth-order valence-electron chi connectivity index (χ4n) is 4.41. The van der Waals surface area contributed by atoms with Crippen LogP contribution in [0.3, 0.4) is 0 Å². The fraction of sp³-hybridized carbons (Fsp3) is 0.182. The molecule has 3 N–H and O–H groups in total. The van der Waals surface area contributed by atoms with Crippen LogP contribution in [0.2, 0.25) is 0 Å². The van der Waals surface area contributed by atoms with Gasteiger partial charge >= 0.3 is 0 Å². The Morgan fingerprint density at radius 2 is 2.03 bits per heavy atom. The van der Waals surface area contributed by atoms with Crippen LogP contribution in [0.5, 0.6) is 0 Å². The van der Waals surface area contributed by atoms with Gasteiger partial charge in [-0.1, -0.05) is 30.3 Å². The molecule has 3 aromatic rings. The Hall–Kier alpha value is -3.70. The maximum Gasteiger partial charge on any atom is 0.231 e. The fourth-order valence-corrected chi connectivity index (χ4v) is 5.10. The largest absolute Gasteiger partial charge is 0.384 e. The summed E-state index contributed by atoms with van der Waals surface area (Å²) in [6, 6.07) is 14.2. The van der Waals surface area contributed by atoms with Gasteiger partial charge in [0.1, 0.15) is 12.1 Å². The monoisotopic (exact) mass is 414 g/mol. The second-order valence-corrected chi connectivity index (χ2v) is 8.12. The van der Waals surface area contributed by atoms with Crippen molar-refractivity contribution in [1.82, 2.24) is 15.2 Å². The number of carbonyl (C=O) groups excluding carboxylic acids is 1. The van der Waals surface area contributed by atoms with E-state index in [9.17, 15) is 10.1 Å². The average Bonchev–Trinajstić information content (AvgIpc) is 3.48. The van der Waals surface area contributed by atoms with Crippen LogP contribution in [0, 0.1) is 11.3 Å². The number of carbonyl (C=O) groups is 1. The number of rotatable bonds is 3. The quantitative estimate of drug-likeness (QED) is 0.678. The number of H-pyrrole nitrogens is 1. The second-order valence-electron chi connectivity index (χ2n) is 7.34. The predicted molar refractivity (Wildman–Crippen MR) is 113 cm³/mol. The van der Waals surface area contributed by atoms with Crippen LogP contribution in [0.15, 0.2) is 76.1 Å². The van der Waals surface area contributed by atoms with Crippen molar-refractivity contribution in [1.29, 1.82) is 5.26 Å². The van der Waals surface area contributed by atoms with Gasteiger partial charge in [0.2, 0.25) is 5.95 Å². The number of allylic oxidation sites excluding steroid dienone is 3. The Kier molecular flexibility index (Phi) is 4.45. The van der Waals surface area contributed by atoms with Crippen molar-refractivity contribution in [3.63, 3.8) is 0 Å². The molecule has 2 atom stereocenters. The standard InChI is InChI=1S/C22H18N6OS/c23-10-16-19(14-6-7-30-11-14)20-17(28(21(16)24)22-25-12-26-27-22)8-15(9-18(20)29)13-4-2-1-3-5-13/h1-7,11-12,15,19H,8-9,24H2,(H,25,26,27). The number of aromatic nitrogens is 3. The highest BCUT2D eigenvalue weighted by molar-refractivity contribution is 7.08. The average molecular weight is 414 g/mol. The Labute approximate surface area is 177 Å². The van der Waals surface area contributed by atoms with Gasteiger partial charge in [-0.05, 0) is 40.3 Å². The maximum atomic E-state index is 13.5. The van der Waals surface area contributed by atoms with E-state index in [1.54, 1.807) is 4.90 Å². The molecule has 5 rings (SSSR count). The highest BCUT2D eigenvalue weighted by Gasteiger charge is 2.43. The molecule has 2 aliphatic rings. The van der Waals surface area contributed by atoms with Crippen LogP contribution < -0.4 is 10.6 Å². The first-order valence-electron chi connectivity index (χ1n) is 9.57. The van der Waals surface area contributed by atoms with E-state index in [-0.39, 0.29) is 17.5 Å². The number of aromatic amines is 1. The van der Waals surface area contributed by atoms with Gasteiger partial charge in [0, 0.05) is 17.7 Å². The summed E-state index contributed by atoms with van der Waals surface area (Å²) < 4.78 is 0. The van der Waals surface area contributed by atoms with Crippen LogP contribution >= 0.6 is 11.3 Å². The number of nitriles is 1. The van der Waals surface area contributed by atoms with Crippen LogP contribution in [0.1, 0.15) is 35.8 Å². The van der Waals surface area contributed by atoms with Crippen molar-refractivity contribution in [3.05, 3.63) is 87.3 Å². The molecule has 0 saturated carbocycles. The van der Waals surface area contributed by atoms with Crippen LogP contribution in [0.25, 0.3) is 0 Å². The smallest absolute Gasteiger partial charge is 0.231 e. The van der Waals surface area contributed by atoms with Crippen molar-refractivity contribution in [2.24, 2.45) is 5.73 Å². The van der Waals surface area contributed by atoms with Crippen molar-refractivity contribution < 1.29 is 4.79 Å². The predicted octanol–water partition coefficient (Wildman–Crippen LogP) is 3.56. The molecule has 2 aromatic heterocycles. The van der Waals surface area contributed by atoms with Gasteiger partial charge in [-0.2, -0.15) is 26.7 Å². The molecule has 1 aromatic carbocycles. The number of Topliss-reactive ketones (excluding diaryl/α,β-unsaturated/α-hetero) is 1.